The molecule has 3 nitrogen and oxygen atoms in total. The predicted molar refractivity (Wildman–Crippen MR) is 97.3 cm³/mol. The van der Waals surface area contributed by atoms with Gasteiger partial charge in [-0.25, -0.2) is 0 Å². The fourth-order valence-corrected chi connectivity index (χ4v) is 3.30. The number of rotatable bonds is 7. The van der Waals surface area contributed by atoms with E-state index in [9.17, 15) is 4.79 Å². The number of halogens is 1. The first-order valence-corrected chi connectivity index (χ1v) is 9.03. The largest absolute Gasteiger partial charge is 0.467 e. The normalized spacial score (nSPS) is 10.7. The van der Waals surface area contributed by atoms with Gasteiger partial charge in [-0.3, -0.25) is 4.79 Å². The fourth-order valence-electron chi connectivity index (χ4n) is 2.47. The quantitative estimate of drug-likeness (QED) is 0.606. The molecule has 1 aromatic carbocycles. The summed E-state index contributed by atoms with van der Waals surface area (Å²) in [5.74, 6) is 0.885. The minimum absolute atomic E-state index is 0.0882. The zero-order valence-electron chi connectivity index (χ0n) is 13.2. The molecule has 24 heavy (non-hydrogen) atoms. The molecular formula is C19H18ClNO2S. The highest BCUT2D eigenvalue weighted by molar-refractivity contribution is 7.09. The van der Waals surface area contributed by atoms with Crippen LogP contribution in [0.1, 0.15) is 16.2 Å². The highest BCUT2D eigenvalue weighted by Crippen LogP contribution is 2.15. The summed E-state index contributed by atoms with van der Waals surface area (Å²) in [6.07, 6.45) is 2.85. The molecule has 0 N–H and O–H groups in total. The monoisotopic (exact) mass is 359 g/mol. The van der Waals surface area contributed by atoms with Gasteiger partial charge in [0, 0.05) is 16.4 Å². The van der Waals surface area contributed by atoms with Crippen LogP contribution >= 0.6 is 22.9 Å². The summed E-state index contributed by atoms with van der Waals surface area (Å²) >= 11 is 7.62. The Bertz CT molecular complexity index is 751. The third kappa shape index (κ3) is 4.73. The summed E-state index contributed by atoms with van der Waals surface area (Å²) in [4.78, 5) is 15.9. The average molecular weight is 360 g/mol. The number of nitrogens with zero attached hydrogens (tertiary/aromatic N) is 1. The van der Waals surface area contributed by atoms with Crippen LogP contribution in [0.4, 0.5) is 0 Å². The Hall–Kier alpha value is -2.04. The second kappa shape index (κ2) is 8.18. The van der Waals surface area contributed by atoms with E-state index in [1.807, 2.05) is 47.4 Å². The number of hydrogen-bond donors (Lipinski definition) is 0. The molecule has 0 aliphatic rings. The van der Waals surface area contributed by atoms with E-state index in [0.29, 0.717) is 24.5 Å². The molecular weight excluding hydrogens is 342 g/mol. The topological polar surface area (TPSA) is 33.5 Å². The van der Waals surface area contributed by atoms with Crippen LogP contribution in [0.25, 0.3) is 0 Å². The molecule has 2 aromatic heterocycles. The van der Waals surface area contributed by atoms with Gasteiger partial charge in [-0.15, -0.1) is 11.3 Å². The first-order valence-electron chi connectivity index (χ1n) is 7.78. The minimum Gasteiger partial charge on any atom is -0.467 e. The van der Waals surface area contributed by atoms with Gasteiger partial charge >= 0.3 is 0 Å². The van der Waals surface area contributed by atoms with Crippen molar-refractivity contribution in [3.05, 3.63) is 81.4 Å². The Morgan fingerprint density at radius 1 is 1.12 bits per heavy atom. The maximum absolute atomic E-state index is 12.7. The lowest BCUT2D eigenvalue weighted by Crippen LogP contribution is -2.33. The van der Waals surface area contributed by atoms with Crippen LogP contribution in [0, 0.1) is 0 Å². The van der Waals surface area contributed by atoms with Crippen LogP contribution in [0.15, 0.2) is 64.6 Å². The smallest absolute Gasteiger partial charge is 0.227 e. The van der Waals surface area contributed by atoms with Gasteiger partial charge in [0.05, 0.1) is 19.2 Å². The van der Waals surface area contributed by atoms with E-state index in [2.05, 4.69) is 11.4 Å². The third-order valence-electron chi connectivity index (χ3n) is 3.76. The van der Waals surface area contributed by atoms with E-state index in [-0.39, 0.29) is 5.91 Å². The maximum atomic E-state index is 12.7. The highest BCUT2D eigenvalue weighted by atomic mass is 35.5. The van der Waals surface area contributed by atoms with E-state index in [4.69, 9.17) is 16.0 Å². The van der Waals surface area contributed by atoms with Crippen LogP contribution in [0.5, 0.6) is 0 Å². The Kier molecular flexibility index (Phi) is 5.72. The molecule has 0 aliphatic heterocycles. The first-order chi connectivity index (χ1) is 11.7. The summed E-state index contributed by atoms with van der Waals surface area (Å²) < 4.78 is 5.41. The number of amides is 1. The van der Waals surface area contributed by atoms with Crippen LogP contribution in [-0.2, 0) is 24.2 Å². The van der Waals surface area contributed by atoms with Crippen molar-refractivity contribution < 1.29 is 9.21 Å². The van der Waals surface area contributed by atoms with E-state index in [1.54, 1.807) is 17.6 Å². The average Bonchev–Trinajstić information content (AvgIpc) is 3.27. The second-order valence-corrected chi connectivity index (χ2v) is 7.00. The molecule has 0 spiro atoms. The summed E-state index contributed by atoms with van der Waals surface area (Å²) in [5, 5.41) is 2.73. The molecule has 0 radical (unpaired) electrons. The summed E-state index contributed by atoms with van der Waals surface area (Å²) in [7, 11) is 0. The molecule has 0 bridgehead atoms. The predicted octanol–water partition coefficient (Wildman–Crippen LogP) is 4.81. The number of benzene rings is 1. The van der Waals surface area contributed by atoms with E-state index >= 15 is 0 Å². The first kappa shape index (κ1) is 16.8. The summed E-state index contributed by atoms with van der Waals surface area (Å²) in [6, 6.07) is 15.3. The lowest BCUT2D eigenvalue weighted by atomic mass is 10.1. The Morgan fingerprint density at radius 2 is 1.96 bits per heavy atom. The fraction of sp³-hybridized carbons (Fsp3) is 0.211. The van der Waals surface area contributed by atoms with Crippen LogP contribution in [0.2, 0.25) is 5.02 Å². The molecule has 0 saturated carbocycles. The molecule has 124 valence electrons. The molecule has 5 heteroatoms. The SMILES string of the molecule is O=C(Cc1ccc(Cl)cc1)N(CCc1cccs1)Cc1ccco1. The molecule has 0 saturated heterocycles. The number of carbonyl (C=O) groups excluding carboxylic acids is 1. The van der Waals surface area contributed by atoms with Crippen molar-refractivity contribution in [2.24, 2.45) is 0 Å². The highest BCUT2D eigenvalue weighted by Gasteiger charge is 2.16. The second-order valence-electron chi connectivity index (χ2n) is 5.53. The number of furan rings is 1. The summed E-state index contributed by atoms with van der Waals surface area (Å²) in [5.41, 5.74) is 0.963. The third-order valence-corrected chi connectivity index (χ3v) is 4.94. The molecule has 0 unspecified atom stereocenters. The van der Waals surface area contributed by atoms with Gasteiger partial charge in [0.15, 0.2) is 0 Å². The van der Waals surface area contributed by atoms with Gasteiger partial charge in [-0.1, -0.05) is 29.8 Å². The number of hydrogen-bond acceptors (Lipinski definition) is 3. The molecule has 3 aromatic rings. The van der Waals surface area contributed by atoms with E-state index < -0.39 is 0 Å². The van der Waals surface area contributed by atoms with E-state index in [0.717, 1.165) is 17.7 Å². The lowest BCUT2D eigenvalue weighted by molar-refractivity contribution is -0.131. The minimum atomic E-state index is 0.0882. The van der Waals surface area contributed by atoms with Gasteiger partial charge in [0.2, 0.25) is 5.91 Å². The molecule has 0 atom stereocenters. The van der Waals surface area contributed by atoms with Crippen molar-refractivity contribution in [1.29, 1.82) is 0 Å². The molecule has 0 aliphatic carbocycles. The zero-order chi connectivity index (χ0) is 16.8. The van der Waals surface area contributed by atoms with Crippen molar-refractivity contribution in [3.8, 4) is 0 Å². The van der Waals surface area contributed by atoms with E-state index in [1.165, 1.54) is 4.88 Å². The van der Waals surface area contributed by atoms with Crippen molar-refractivity contribution in [3.63, 3.8) is 0 Å². The Balaban J connectivity index is 1.67. The lowest BCUT2D eigenvalue weighted by Gasteiger charge is -2.21. The number of carbonyl (C=O) groups is 1. The van der Waals surface area contributed by atoms with Crippen molar-refractivity contribution in [2.75, 3.05) is 6.54 Å². The van der Waals surface area contributed by atoms with Gasteiger partial charge < -0.3 is 9.32 Å². The molecule has 3 rings (SSSR count). The van der Waals surface area contributed by atoms with Gasteiger partial charge in [-0.05, 0) is 47.7 Å². The van der Waals surface area contributed by atoms with Gasteiger partial charge in [-0.2, -0.15) is 0 Å². The van der Waals surface area contributed by atoms with Crippen LogP contribution in [-0.4, -0.2) is 17.4 Å². The maximum Gasteiger partial charge on any atom is 0.227 e. The standard InChI is InChI=1S/C19H18ClNO2S/c20-16-7-5-15(6-8-16)13-19(22)21(14-17-3-1-11-23-17)10-9-18-4-2-12-24-18/h1-8,11-12H,9-10,13-14H2. The zero-order valence-corrected chi connectivity index (χ0v) is 14.7. The van der Waals surface area contributed by atoms with Crippen LogP contribution in [0.3, 0.4) is 0 Å². The summed E-state index contributed by atoms with van der Waals surface area (Å²) in [6.45, 7) is 1.17. The van der Waals surface area contributed by atoms with Crippen molar-refractivity contribution in [1.82, 2.24) is 4.90 Å². The van der Waals surface area contributed by atoms with Crippen molar-refractivity contribution >= 4 is 28.8 Å². The molecule has 0 fully saturated rings. The molecule has 2 heterocycles. The number of thiophene rings is 1. The van der Waals surface area contributed by atoms with Crippen molar-refractivity contribution in [2.45, 2.75) is 19.4 Å². The van der Waals surface area contributed by atoms with Gasteiger partial charge in [0.25, 0.3) is 0 Å². The van der Waals surface area contributed by atoms with Gasteiger partial charge in [0.1, 0.15) is 5.76 Å². The van der Waals surface area contributed by atoms with Crippen LogP contribution < -0.4 is 0 Å². The Morgan fingerprint density at radius 3 is 2.62 bits per heavy atom. The molecule has 1 amide bonds. The Labute approximate surface area is 150 Å².